The number of carbonyl (C=O) groups excluding carboxylic acids is 2. The number of nitrogens with one attached hydrogen (secondary N) is 1. The first-order chi connectivity index (χ1) is 10.6. The van der Waals surface area contributed by atoms with Crippen LogP contribution in [0.4, 0.5) is 0 Å². The van der Waals surface area contributed by atoms with Crippen molar-refractivity contribution in [2.75, 3.05) is 13.1 Å². The average Bonchev–Trinajstić information content (AvgIpc) is 2.73. The zero-order valence-corrected chi connectivity index (χ0v) is 13.7. The molecule has 2 amide bonds. The van der Waals surface area contributed by atoms with Crippen molar-refractivity contribution < 1.29 is 14.7 Å². The van der Waals surface area contributed by atoms with Crippen LogP contribution in [-0.4, -0.2) is 47.1 Å². The number of hydrogen-bond donors (Lipinski definition) is 2. The molecule has 2 fully saturated rings. The van der Waals surface area contributed by atoms with E-state index in [2.05, 4.69) is 5.32 Å². The third-order valence-corrected chi connectivity index (χ3v) is 5.04. The molecule has 5 heteroatoms. The molecule has 2 rings (SSSR count). The van der Waals surface area contributed by atoms with Crippen LogP contribution in [0.5, 0.6) is 0 Å². The zero-order valence-electron chi connectivity index (χ0n) is 13.7. The van der Waals surface area contributed by atoms with E-state index < -0.39 is 0 Å². The van der Waals surface area contributed by atoms with Crippen LogP contribution in [-0.2, 0) is 9.59 Å². The van der Waals surface area contributed by atoms with Gasteiger partial charge in [0.2, 0.25) is 11.8 Å². The fourth-order valence-corrected chi connectivity index (χ4v) is 3.54. The molecule has 1 aliphatic heterocycles. The van der Waals surface area contributed by atoms with E-state index >= 15 is 0 Å². The second-order valence-electron chi connectivity index (χ2n) is 6.73. The lowest BCUT2D eigenvalue weighted by Crippen LogP contribution is -2.38. The van der Waals surface area contributed by atoms with Crippen LogP contribution in [0, 0.1) is 5.92 Å². The van der Waals surface area contributed by atoms with Gasteiger partial charge >= 0.3 is 0 Å². The first-order valence-electron chi connectivity index (χ1n) is 8.87. The first-order valence-corrected chi connectivity index (χ1v) is 8.87. The first kappa shape index (κ1) is 17.3. The van der Waals surface area contributed by atoms with Crippen molar-refractivity contribution in [1.82, 2.24) is 10.2 Å². The normalized spacial score (nSPS) is 25.1. The Kier molecular flexibility index (Phi) is 6.68. The van der Waals surface area contributed by atoms with Crippen LogP contribution >= 0.6 is 0 Å². The molecule has 126 valence electrons. The van der Waals surface area contributed by atoms with E-state index in [1.807, 2.05) is 11.8 Å². The molecule has 0 radical (unpaired) electrons. The third kappa shape index (κ3) is 4.70. The van der Waals surface area contributed by atoms with Crippen molar-refractivity contribution in [1.29, 1.82) is 0 Å². The number of aliphatic hydroxyl groups is 1. The van der Waals surface area contributed by atoms with Gasteiger partial charge in [0.25, 0.3) is 0 Å². The highest BCUT2D eigenvalue weighted by atomic mass is 16.3. The Balaban J connectivity index is 1.79. The highest BCUT2D eigenvalue weighted by molar-refractivity contribution is 5.89. The molecule has 2 unspecified atom stereocenters. The molecule has 2 N–H and O–H groups in total. The van der Waals surface area contributed by atoms with E-state index in [-0.39, 0.29) is 23.8 Å². The monoisotopic (exact) mass is 310 g/mol. The summed E-state index contributed by atoms with van der Waals surface area (Å²) < 4.78 is 0. The van der Waals surface area contributed by atoms with Gasteiger partial charge < -0.3 is 15.3 Å². The second kappa shape index (κ2) is 8.51. The maximum atomic E-state index is 12.2. The zero-order chi connectivity index (χ0) is 15.9. The molecular formula is C17H30N2O3. The van der Waals surface area contributed by atoms with Gasteiger partial charge in [-0.05, 0) is 25.7 Å². The van der Waals surface area contributed by atoms with Crippen molar-refractivity contribution >= 4 is 11.8 Å². The molecule has 1 aliphatic carbocycles. The predicted octanol–water partition coefficient (Wildman–Crippen LogP) is 1.83. The van der Waals surface area contributed by atoms with Crippen molar-refractivity contribution in [3.05, 3.63) is 0 Å². The van der Waals surface area contributed by atoms with E-state index in [0.717, 1.165) is 12.8 Å². The van der Waals surface area contributed by atoms with Crippen molar-refractivity contribution in [2.24, 2.45) is 5.92 Å². The number of carbonyl (C=O) groups is 2. The lowest BCUT2D eigenvalue weighted by atomic mass is 10.1. The van der Waals surface area contributed by atoms with E-state index in [0.29, 0.717) is 38.4 Å². The smallest absolute Gasteiger partial charge is 0.225 e. The third-order valence-electron chi connectivity index (χ3n) is 5.04. The Hall–Kier alpha value is -1.10. The number of hydrogen-bond acceptors (Lipinski definition) is 3. The number of amides is 2. The van der Waals surface area contributed by atoms with Crippen LogP contribution in [0.1, 0.15) is 64.7 Å². The minimum Gasteiger partial charge on any atom is -0.393 e. The van der Waals surface area contributed by atoms with E-state index in [1.165, 1.54) is 25.7 Å². The summed E-state index contributed by atoms with van der Waals surface area (Å²) >= 11 is 0. The quantitative estimate of drug-likeness (QED) is 0.735. The lowest BCUT2D eigenvalue weighted by Gasteiger charge is -2.27. The number of rotatable bonds is 6. The molecule has 1 heterocycles. The predicted molar refractivity (Wildman–Crippen MR) is 85.2 cm³/mol. The van der Waals surface area contributed by atoms with E-state index in [4.69, 9.17) is 0 Å². The van der Waals surface area contributed by atoms with Crippen molar-refractivity contribution in [2.45, 2.75) is 76.9 Å². The van der Waals surface area contributed by atoms with Crippen LogP contribution in [0.2, 0.25) is 0 Å². The van der Waals surface area contributed by atoms with Crippen LogP contribution in [0.15, 0.2) is 0 Å². The van der Waals surface area contributed by atoms with Crippen molar-refractivity contribution in [3.8, 4) is 0 Å². The van der Waals surface area contributed by atoms with Crippen molar-refractivity contribution in [3.63, 3.8) is 0 Å². The summed E-state index contributed by atoms with van der Waals surface area (Å²) in [5, 5.41) is 12.4. The van der Waals surface area contributed by atoms with Gasteiger partial charge in [0.15, 0.2) is 0 Å². The minimum absolute atomic E-state index is 0.0345. The summed E-state index contributed by atoms with van der Waals surface area (Å²) in [6, 6.07) is 0.342. The molecule has 5 nitrogen and oxygen atoms in total. The molecule has 22 heavy (non-hydrogen) atoms. The Labute approximate surface area is 133 Å². The summed E-state index contributed by atoms with van der Waals surface area (Å²) in [7, 11) is 0. The van der Waals surface area contributed by atoms with Crippen LogP contribution in [0.25, 0.3) is 0 Å². The molecule has 0 spiro atoms. The second-order valence-corrected chi connectivity index (χ2v) is 6.73. The van der Waals surface area contributed by atoms with Gasteiger partial charge in [0, 0.05) is 25.6 Å². The Morgan fingerprint density at radius 3 is 2.64 bits per heavy atom. The average molecular weight is 310 g/mol. The Morgan fingerprint density at radius 1 is 1.32 bits per heavy atom. The van der Waals surface area contributed by atoms with Crippen LogP contribution < -0.4 is 5.32 Å². The number of likely N-dealkylation sites (tertiary alicyclic amines) is 1. The number of aliphatic hydroxyl groups excluding tert-OH is 1. The van der Waals surface area contributed by atoms with Gasteiger partial charge in [-0.1, -0.05) is 32.6 Å². The SMILES string of the molecule is CCC(O)CCNC(=O)C1CC(=O)N(C2CCCCCC2)C1. The maximum absolute atomic E-state index is 12.2. The fraction of sp³-hybridized carbons (Fsp3) is 0.882. The Morgan fingerprint density at radius 2 is 2.00 bits per heavy atom. The number of nitrogens with zero attached hydrogens (tertiary/aromatic N) is 1. The van der Waals surface area contributed by atoms with Gasteiger partial charge in [-0.15, -0.1) is 0 Å². The molecule has 0 bridgehead atoms. The standard InChI is InChI=1S/C17H30N2O3/c1-2-15(20)9-10-18-17(22)13-11-16(21)19(12-13)14-7-5-3-4-6-8-14/h13-15,20H,2-12H2,1H3,(H,18,22). The van der Waals surface area contributed by atoms with E-state index in [9.17, 15) is 14.7 Å². The highest BCUT2D eigenvalue weighted by Crippen LogP contribution is 2.28. The molecule has 0 aromatic heterocycles. The molecule has 2 atom stereocenters. The summed E-state index contributed by atoms with van der Waals surface area (Å²) in [5.41, 5.74) is 0. The van der Waals surface area contributed by atoms with Gasteiger partial charge in [-0.2, -0.15) is 0 Å². The largest absolute Gasteiger partial charge is 0.393 e. The molecule has 0 aromatic rings. The maximum Gasteiger partial charge on any atom is 0.225 e. The molecule has 1 saturated heterocycles. The van der Waals surface area contributed by atoms with Crippen LogP contribution in [0.3, 0.4) is 0 Å². The van der Waals surface area contributed by atoms with Gasteiger partial charge in [0.1, 0.15) is 0 Å². The fourth-order valence-electron chi connectivity index (χ4n) is 3.54. The van der Waals surface area contributed by atoms with Gasteiger partial charge in [-0.25, -0.2) is 0 Å². The van der Waals surface area contributed by atoms with Gasteiger partial charge in [-0.3, -0.25) is 9.59 Å². The van der Waals surface area contributed by atoms with E-state index in [1.54, 1.807) is 0 Å². The summed E-state index contributed by atoms with van der Waals surface area (Å²) in [6.07, 6.45) is 8.37. The summed E-state index contributed by atoms with van der Waals surface area (Å²) in [4.78, 5) is 26.4. The molecule has 1 saturated carbocycles. The summed E-state index contributed by atoms with van der Waals surface area (Å²) in [5.74, 6) is -0.108. The molecule has 2 aliphatic rings. The topological polar surface area (TPSA) is 69.6 Å². The Bertz CT molecular complexity index is 378. The highest BCUT2D eigenvalue weighted by Gasteiger charge is 2.37. The van der Waals surface area contributed by atoms with Gasteiger partial charge in [0.05, 0.1) is 12.0 Å². The summed E-state index contributed by atoms with van der Waals surface area (Å²) in [6.45, 7) is 2.99. The molecule has 0 aromatic carbocycles. The minimum atomic E-state index is -0.354. The lowest BCUT2D eigenvalue weighted by molar-refractivity contribution is -0.130. The molecular weight excluding hydrogens is 280 g/mol.